The van der Waals surface area contributed by atoms with Gasteiger partial charge in [-0.05, 0) is 36.2 Å². The Hall–Kier alpha value is -2.60. The summed E-state index contributed by atoms with van der Waals surface area (Å²) < 4.78 is 18.9. The van der Waals surface area contributed by atoms with Gasteiger partial charge < -0.3 is 4.74 Å². The summed E-state index contributed by atoms with van der Waals surface area (Å²) in [6, 6.07) is 11.2. The van der Waals surface area contributed by atoms with Gasteiger partial charge >= 0.3 is 0 Å². The van der Waals surface area contributed by atoms with E-state index < -0.39 is 17.6 Å². The fourth-order valence-corrected chi connectivity index (χ4v) is 2.16. The zero-order valence-electron chi connectivity index (χ0n) is 12.9. The Kier molecular flexibility index (Phi) is 6.14. The summed E-state index contributed by atoms with van der Waals surface area (Å²) in [5.41, 5.74) is 5.05. The van der Waals surface area contributed by atoms with Crippen molar-refractivity contribution in [2.75, 3.05) is 6.61 Å². The molecule has 0 unspecified atom stereocenters. The summed E-state index contributed by atoms with van der Waals surface area (Å²) in [7, 11) is 0. The molecule has 0 aliphatic rings. The fraction of sp³-hybridized carbons (Fsp3) is 0.176. The lowest BCUT2D eigenvalue weighted by Crippen LogP contribution is -2.44. The monoisotopic (exact) mass is 350 g/mol. The second-order valence-electron chi connectivity index (χ2n) is 4.89. The highest BCUT2D eigenvalue weighted by atomic mass is 35.5. The maximum atomic E-state index is 13.6. The van der Waals surface area contributed by atoms with E-state index in [0.717, 1.165) is 18.1 Å². The van der Waals surface area contributed by atoms with Crippen LogP contribution in [0.4, 0.5) is 4.39 Å². The molecule has 0 saturated carbocycles. The number of hydrogen-bond acceptors (Lipinski definition) is 3. The van der Waals surface area contributed by atoms with E-state index in [0.29, 0.717) is 5.75 Å². The van der Waals surface area contributed by atoms with Gasteiger partial charge in [-0.2, -0.15) is 0 Å². The molecule has 0 heterocycles. The third kappa shape index (κ3) is 4.70. The van der Waals surface area contributed by atoms with Crippen molar-refractivity contribution in [3.63, 3.8) is 0 Å². The number of rotatable bonds is 5. The van der Waals surface area contributed by atoms with E-state index in [4.69, 9.17) is 16.3 Å². The van der Waals surface area contributed by atoms with Crippen LogP contribution < -0.4 is 15.6 Å². The van der Waals surface area contributed by atoms with Crippen molar-refractivity contribution in [2.45, 2.75) is 13.3 Å². The van der Waals surface area contributed by atoms with Gasteiger partial charge in [-0.15, -0.1) is 0 Å². The van der Waals surface area contributed by atoms with E-state index in [2.05, 4.69) is 10.9 Å². The standard InChI is InChI=1S/C17H16ClFN2O3/c1-2-11-6-8-12(9-7-11)24-10-15(22)20-21-17(23)16-13(18)4-3-5-14(16)19/h3-9H,2,10H2,1H3,(H,20,22)(H,21,23). The Morgan fingerprint density at radius 2 is 1.83 bits per heavy atom. The maximum absolute atomic E-state index is 13.6. The molecule has 0 aliphatic heterocycles. The van der Waals surface area contributed by atoms with Gasteiger partial charge in [0.25, 0.3) is 11.8 Å². The largest absolute Gasteiger partial charge is 0.484 e. The summed E-state index contributed by atoms with van der Waals surface area (Å²) in [4.78, 5) is 23.5. The highest BCUT2D eigenvalue weighted by Gasteiger charge is 2.16. The van der Waals surface area contributed by atoms with E-state index in [1.165, 1.54) is 12.1 Å². The van der Waals surface area contributed by atoms with Crippen LogP contribution in [-0.4, -0.2) is 18.4 Å². The molecule has 2 amide bonds. The lowest BCUT2D eigenvalue weighted by atomic mass is 10.2. The maximum Gasteiger partial charge on any atom is 0.276 e. The minimum atomic E-state index is -0.848. The number of aryl methyl sites for hydroxylation is 1. The van der Waals surface area contributed by atoms with Crippen LogP contribution in [0.15, 0.2) is 42.5 Å². The van der Waals surface area contributed by atoms with Crippen molar-refractivity contribution in [1.29, 1.82) is 0 Å². The third-order valence-electron chi connectivity index (χ3n) is 3.21. The molecule has 0 atom stereocenters. The third-order valence-corrected chi connectivity index (χ3v) is 3.52. The molecule has 0 saturated heterocycles. The topological polar surface area (TPSA) is 67.4 Å². The van der Waals surface area contributed by atoms with Crippen molar-refractivity contribution in [2.24, 2.45) is 0 Å². The zero-order valence-corrected chi connectivity index (χ0v) is 13.7. The molecule has 5 nitrogen and oxygen atoms in total. The molecule has 2 N–H and O–H groups in total. The number of hydrogen-bond donors (Lipinski definition) is 2. The molecule has 7 heteroatoms. The normalized spacial score (nSPS) is 10.1. The summed E-state index contributed by atoms with van der Waals surface area (Å²) >= 11 is 5.77. The molecule has 24 heavy (non-hydrogen) atoms. The smallest absolute Gasteiger partial charge is 0.276 e. The molecular weight excluding hydrogens is 335 g/mol. The number of amides is 2. The van der Waals surface area contributed by atoms with Gasteiger partial charge in [0, 0.05) is 0 Å². The second-order valence-corrected chi connectivity index (χ2v) is 5.29. The Morgan fingerprint density at radius 3 is 2.46 bits per heavy atom. The first-order chi connectivity index (χ1) is 11.5. The van der Waals surface area contributed by atoms with E-state index in [1.807, 2.05) is 19.1 Å². The van der Waals surface area contributed by atoms with Crippen LogP contribution in [0, 0.1) is 5.82 Å². The molecule has 0 aromatic heterocycles. The molecule has 0 aliphatic carbocycles. The Bertz CT molecular complexity index is 715. The average molecular weight is 351 g/mol. The lowest BCUT2D eigenvalue weighted by Gasteiger charge is -2.10. The molecule has 2 aromatic rings. The van der Waals surface area contributed by atoms with Crippen LogP contribution in [0.3, 0.4) is 0 Å². The molecular formula is C17H16ClFN2O3. The van der Waals surface area contributed by atoms with E-state index in [1.54, 1.807) is 12.1 Å². The fourth-order valence-electron chi connectivity index (χ4n) is 1.91. The highest BCUT2D eigenvalue weighted by molar-refractivity contribution is 6.33. The van der Waals surface area contributed by atoms with E-state index in [-0.39, 0.29) is 17.2 Å². The quantitative estimate of drug-likeness (QED) is 0.815. The molecule has 2 aromatic carbocycles. The minimum Gasteiger partial charge on any atom is -0.484 e. The number of carbonyl (C=O) groups excluding carboxylic acids is 2. The first-order valence-electron chi connectivity index (χ1n) is 7.26. The van der Waals surface area contributed by atoms with E-state index >= 15 is 0 Å². The van der Waals surface area contributed by atoms with Crippen LogP contribution in [-0.2, 0) is 11.2 Å². The first-order valence-corrected chi connectivity index (χ1v) is 7.64. The van der Waals surface area contributed by atoms with E-state index in [9.17, 15) is 14.0 Å². The summed E-state index contributed by atoms with van der Waals surface area (Å²) in [5.74, 6) is -1.68. The minimum absolute atomic E-state index is 0.0472. The highest BCUT2D eigenvalue weighted by Crippen LogP contribution is 2.18. The predicted octanol–water partition coefficient (Wildman–Crippen LogP) is 2.88. The van der Waals surface area contributed by atoms with Gasteiger partial charge in [0.2, 0.25) is 0 Å². The second kappa shape index (κ2) is 8.31. The molecule has 0 radical (unpaired) electrons. The van der Waals surface area contributed by atoms with Gasteiger partial charge in [0.1, 0.15) is 11.6 Å². The van der Waals surface area contributed by atoms with Gasteiger partial charge in [-0.25, -0.2) is 4.39 Å². The van der Waals surface area contributed by atoms with Crippen LogP contribution in [0.1, 0.15) is 22.8 Å². The number of halogens is 2. The summed E-state index contributed by atoms with van der Waals surface area (Å²) in [6.07, 6.45) is 0.908. The average Bonchev–Trinajstić information content (AvgIpc) is 2.58. The molecule has 0 bridgehead atoms. The Morgan fingerprint density at radius 1 is 1.12 bits per heavy atom. The van der Waals surface area contributed by atoms with Crippen molar-refractivity contribution < 1.29 is 18.7 Å². The van der Waals surface area contributed by atoms with Crippen LogP contribution in [0.25, 0.3) is 0 Å². The van der Waals surface area contributed by atoms with Crippen LogP contribution in [0.5, 0.6) is 5.75 Å². The SMILES string of the molecule is CCc1ccc(OCC(=O)NNC(=O)c2c(F)cccc2Cl)cc1. The van der Waals surface area contributed by atoms with Crippen molar-refractivity contribution >= 4 is 23.4 Å². The first kappa shape index (κ1) is 17.7. The van der Waals surface area contributed by atoms with Crippen molar-refractivity contribution in [1.82, 2.24) is 10.9 Å². The lowest BCUT2D eigenvalue weighted by molar-refractivity contribution is -0.123. The van der Waals surface area contributed by atoms with Crippen LogP contribution in [0.2, 0.25) is 5.02 Å². The number of benzene rings is 2. The van der Waals surface area contributed by atoms with Crippen LogP contribution >= 0.6 is 11.6 Å². The Labute approximate surface area is 143 Å². The summed E-state index contributed by atoms with van der Waals surface area (Å²) in [5, 5.41) is -0.0472. The number of nitrogens with one attached hydrogen (secondary N) is 2. The van der Waals surface area contributed by atoms with Gasteiger partial charge in [-0.3, -0.25) is 20.4 Å². The zero-order chi connectivity index (χ0) is 17.5. The van der Waals surface area contributed by atoms with Gasteiger partial charge in [0.05, 0.1) is 10.6 Å². The molecule has 0 fully saturated rings. The number of hydrazine groups is 1. The van der Waals surface area contributed by atoms with Crippen molar-refractivity contribution in [3.05, 3.63) is 64.4 Å². The number of carbonyl (C=O) groups is 2. The molecule has 2 rings (SSSR count). The summed E-state index contributed by atoms with van der Waals surface area (Å²) in [6.45, 7) is 1.74. The number of ether oxygens (including phenoxy) is 1. The molecule has 0 spiro atoms. The van der Waals surface area contributed by atoms with Gasteiger partial charge in [0.15, 0.2) is 6.61 Å². The predicted molar refractivity (Wildman–Crippen MR) is 88.3 cm³/mol. The van der Waals surface area contributed by atoms with Crippen molar-refractivity contribution in [3.8, 4) is 5.75 Å². The Balaban J connectivity index is 1.83. The molecule has 126 valence electrons. The van der Waals surface area contributed by atoms with Gasteiger partial charge in [-0.1, -0.05) is 36.7 Å².